The monoisotopic (exact) mass is 292 g/mol. The van der Waals surface area contributed by atoms with E-state index in [-0.39, 0.29) is 5.79 Å². The third kappa shape index (κ3) is 2.96. The molecule has 2 saturated heterocycles. The summed E-state index contributed by atoms with van der Waals surface area (Å²) in [6.45, 7) is 9.36. The molecular formula is C15H24N4O2. The number of piperidine rings is 1. The molecule has 0 amide bonds. The van der Waals surface area contributed by atoms with E-state index in [2.05, 4.69) is 28.6 Å². The summed E-state index contributed by atoms with van der Waals surface area (Å²) >= 11 is 0. The van der Waals surface area contributed by atoms with E-state index in [0.717, 1.165) is 64.0 Å². The van der Waals surface area contributed by atoms with Crippen molar-refractivity contribution in [2.75, 3.05) is 49.2 Å². The predicted molar refractivity (Wildman–Crippen MR) is 81.7 cm³/mol. The normalized spacial score (nSPS) is 21.0. The molecule has 1 spiro atoms. The molecule has 0 radical (unpaired) electrons. The molecule has 21 heavy (non-hydrogen) atoms. The van der Waals surface area contributed by atoms with Gasteiger partial charge in [-0.2, -0.15) is 4.98 Å². The van der Waals surface area contributed by atoms with Crippen molar-refractivity contribution in [3.63, 3.8) is 0 Å². The van der Waals surface area contributed by atoms with Crippen LogP contribution in [0.4, 0.5) is 11.8 Å². The van der Waals surface area contributed by atoms with E-state index in [4.69, 9.17) is 14.5 Å². The summed E-state index contributed by atoms with van der Waals surface area (Å²) < 4.78 is 11.5. The molecule has 0 atom stereocenters. The summed E-state index contributed by atoms with van der Waals surface area (Å²) in [5, 5.41) is 0. The molecule has 2 fully saturated rings. The van der Waals surface area contributed by atoms with Gasteiger partial charge in [0.05, 0.1) is 13.2 Å². The minimum atomic E-state index is -0.328. The van der Waals surface area contributed by atoms with Gasteiger partial charge in [-0.3, -0.25) is 0 Å². The Bertz CT molecular complexity index is 462. The number of rotatable bonds is 4. The van der Waals surface area contributed by atoms with Crippen LogP contribution in [0.1, 0.15) is 26.7 Å². The lowest BCUT2D eigenvalue weighted by Gasteiger charge is -2.38. The Hall–Kier alpha value is -1.40. The van der Waals surface area contributed by atoms with Crippen LogP contribution in [0.2, 0.25) is 0 Å². The van der Waals surface area contributed by atoms with Crippen molar-refractivity contribution in [1.82, 2.24) is 9.97 Å². The van der Waals surface area contributed by atoms with Crippen LogP contribution in [0, 0.1) is 0 Å². The topological polar surface area (TPSA) is 50.7 Å². The quantitative estimate of drug-likeness (QED) is 0.841. The SMILES string of the molecule is CCN(CC)c1nccc(N2CCC3(CC2)OCCO3)n1. The van der Waals surface area contributed by atoms with Gasteiger partial charge in [0, 0.05) is 45.2 Å². The van der Waals surface area contributed by atoms with Gasteiger partial charge < -0.3 is 19.3 Å². The van der Waals surface area contributed by atoms with Crippen LogP contribution in [0.5, 0.6) is 0 Å². The number of aromatic nitrogens is 2. The lowest BCUT2D eigenvalue weighted by Crippen LogP contribution is -2.45. The molecule has 2 aliphatic rings. The summed E-state index contributed by atoms with van der Waals surface area (Å²) in [7, 11) is 0. The van der Waals surface area contributed by atoms with Gasteiger partial charge in [-0.25, -0.2) is 4.98 Å². The van der Waals surface area contributed by atoms with Crippen molar-refractivity contribution in [2.45, 2.75) is 32.5 Å². The van der Waals surface area contributed by atoms with Crippen LogP contribution >= 0.6 is 0 Å². The number of anilines is 2. The largest absolute Gasteiger partial charge is 0.356 e. The highest BCUT2D eigenvalue weighted by molar-refractivity contribution is 5.44. The van der Waals surface area contributed by atoms with Gasteiger partial charge in [-0.15, -0.1) is 0 Å². The Balaban J connectivity index is 1.69. The minimum Gasteiger partial charge on any atom is -0.356 e. The van der Waals surface area contributed by atoms with E-state index >= 15 is 0 Å². The molecule has 0 aliphatic carbocycles. The van der Waals surface area contributed by atoms with Gasteiger partial charge >= 0.3 is 0 Å². The molecule has 0 N–H and O–H groups in total. The Labute approximate surface area is 126 Å². The molecule has 3 heterocycles. The molecule has 0 bridgehead atoms. The van der Waals surface area contributed by atoms with Gasteiger partial charge in [-0.05, 0) is 19.9 Å². The highest BCUT2D eigenvalue weighted by Crippen LogP contribution is 2.32. The van der Waals surface area contributed by atoms with Crippen molar-refractivity contribution in [2.24, 2.45) is 0 Å². The lowest BCUT2D eigenvalue weighted by atomic mass is 10.0. The van der Waals surface area contributed by atoms with Crippen molar-refractivity contribution < 1.29 is 9.47 Å². The van der Waals surface area contributed by atoms with E-state index in [1.165, 1.54) is 0 Å². The van der Waals surface area contributed by atoms with Gasteiger partial charge in [0.1, 0.15) is 5.82 Å². The number of nitrogens with zero attached hydrogens (tertiary/aromatic N) is 4. The zero-order chi connectivity index (χ0) is 14.7. The van der Waals surface area contributed by atoms with E-state index < -0.39 is 0 Å². The fraction of sp³-hybridized carbons (Fsp3) is 0.733. The average molecular weight is 292 g/mol. The van der Waals surface area contributed by atoms with E-state index in [1.807, 2.05) is 12.3 Å². The molecule has 2 aliphatic heterocycles. The average Bonchev–Trinajstić information content (AvgIpc) is 2.98. The van der Waals surface area contributed by atoms with Gasteiger partial charge in [0.15, 0.2) is 5.79 Å². The summed E-state index contributed by atoms with van der Waals surface area (Å²) in [4.78, 5) is 13.6. The van der Waals surface area contributed by atoms with Gasteiger partial charge in [-0.1, -0.05) is 0 Å². The Morgan fingerprint density at radius 3 is 2.48 bits per heavy atom. The first kappa shape index (κ1) is 14.5. The van der Waals surface area contributed by atoms with Crippen LogP contribution in [0.25, 0.3) is 0 Å². The second-order valence-corrected chi connectivity index (χ2v) is 5.48. The molecule has 1 aromatic rings. The van der Waals surface area contributed by atoms with Crippen molar-refractivity contribution >= 4 is 11.8 Å². The maximum absolute atomic E-state index is 5.77. The molecule has 3 rings (SSSR count). The Kier molecular flexibility index (Phi) is 4.26. The van der Waals surface area contributed by atoms with E-state index in [1.54, 1.807) is 0 Å². The molecule has 6 nitrogen and oxygen atoms in total. The Morgan fingerprint density at radius 2 is 1.86 bits per heavy atom. The second-order valence-electron chi connectivity index (χ2n) is 5.48. The fourth-order valence-corrected chi connectivity index (χ4v) is 3.04. The first-order chi connectivity index (χ1) is 10.3. The van der Waals surface area contributed by atoms with Crippen molar-refractivity contribution in [3.05, 3.63) is 12.3 Å². The predicted octanol–water partition coefficient (Wildman–Crippen LogP) is 1.67. The molecule has 116 valence electrons. The molecule has 0 aromatic carbocycles. The third-order valence-electron chi connectivity index (χ3n) is 4.34. The maximum atomic E-state index is 5.77. The molecule has 6 heteroatoms. The van der Waals surface area contributed by atoms with Crippen LogP contribution in [0.15, 0.2) is 12.3 Å². The summed E-state index contributed by atoms with van der Waals surface area (Å²) in [6.07, 6.45) is 3.65. The maximum Gasteiger partial charge on any atom is 0.227 e. The molecule has 1 aromatic heterocycles. The summed E-state index contributed by atoms with van der Waals surface area (Å²) in [5.41, 5.74) is 0. The van der Waals surface area contributed by atoms with Gasteiger partial charge in [0.2, 0.25) is 5.95 Å². The number of ether oxygens (including phenoxy) is 2. The first-order valence-corrected chi connectivity index (χ1v) is 7.87. The van der Waals surface area contributed by atoms with Crippen molar-refractivity contribution in [1.29, 1.82) is 0 Å². The smallest absolute Gasteiger partial charge is 0.227 e. The van der Waals surface area contributed by atoms with E-state index in [0.29, 0.717) is 0 Å². The van der Waals surface area contributed by atoms with Crippen LogP contribution in [-0.2, 0) is 9.47 Å². The highest BCUT2D eigenvalue weighted by atomic mass is 16.7. The van der Waals surface area contributed by atoms with Crippen LogP contribution in [-0.4, -0.2) is 55.1 Å². The second kappa shape index (κ2) is 6.15. The zero-order valence-corrected chi connectivity index (χ0v) is 12.9. The highest BCUT2D eigenvalue weighted by Gasteiger charge is 2.40. The third-order valence-corrected chi connectivity index (χ3v) is 4.34. The van der Waals surface area contributed by atoms with Crippen LogP contribution in [0.3, 0.4) is 0 Å². The number of hydrogen-bond acceptors (Lipinski definition) is 6. The van der Waals surface area contributed by atoms with Crippen LogP contribution < -0.4 is 9.80 Å². The van der Waals surface area contributed by atoms with E-state index in [9.17, 15) is 0 Å². The van der Waals surface area contributed by atoms with Gasteiger partial charge in [0.25, 0.3) is 0 Å². The fourth-order valence-electron chi connectivity index (χ4n) is 3.04. The number of hydrogen-bond donors (Lipinski definition) is 0. The zero-order valence-electron chi connectivity index (χ0n) is 12.9. The minimum absolute atomic E-state index is 0.328. The standard InChI is InChI=1S/C15H24N4O2/c1-3-18(4-2)14-16-8-5-13(17-14)19-9-6-15(7-10-19)20-11-12-21-15/h5,8H,3-4,6-7,9-12H2,1-2H3. The Morgan fingerprint density at radius 1 is 1.19 bits per heavy atom. The first-order valence-electron chi connectivity index (χ1n) is 7.87. The van der Waals surface area contributed by atoms with Crippen molar-refractivity contribution in [3.8, 4) is 0 Å². The molecule has 0 unspecified atom stereocenters. The molecule has 0 saturated carbocycles. The summed E-state index contributed by atoms with van der Waals surface area (Å²) in [5.74, 6) is 1.48. The lowest BCUT2D eigenvalue weighted by molar-refractivity contribution is -0.169. The molecular weight excluding hydrogens is 268 g/mol. The summed E-state index contributed by atoms with van der Waals surface area (Å²) in [6, 6.07) is 1.99.